The smallest absolute Gasteiger partial charge is 0.339 e. The molecule has 0 aromatic carbocycles. The number of esters is 1. The summed E-state index contributed by atoms with van der Waals surface area (Å²) >= 11 is 0. The molecule has 2 heterocycles. The van der Waals surface area contributed by atoms with E-state index in [1.165, 1.54) is 6.20 Å². The number of carbonyl (C=O) groups excluding carboxylic acids is 1. The maximum Gasteiger partial charge on any atom is 0.339 e. The molecular formula is C15H20N2O4. The summed E-state index contributed by atoms with van der Waals surface area (Å²) in [5, 5.41) is 9.56. The highest BCUT2D eigenvalue weighted by molar-refractivity contribution is 5.89. The highest BCUT2D eigenvalue weighted by Gasteiger charge is 2.46. The van der Waals surface area contributed by atoms with Crippen molar-refractivity contribution >= 4 is 17.8 Å². The number of hydrogen-bond donors (Lipinski definition) is 1. The van der Waals surface area contributed by atoms with Crippen LogP contribution in [0.2, 0.25) is 0 Å². The lowest BCUT2D eigenvalue weighted by Crippen LogP contribution is -2.50. The lowest BCUT2D eigenvalue weighted by molar-refractivity contribution is -0.143. The Morgan fingerprint density at radius 2 is 2.19 bits per heavy atom. The van der Waals surface area contributed by atoms with Gasteiger partial charge in [-0.15, -0.1) is 0 Å². The number of hydrogen-bond acceptors (Lipinski definition) is 5. The van der Waals surface area contributed by atoms with Gasteiger partial charge in [-0.05, 0) is 38.3 Å². The second-order valence-corrected chi connectivity index (χ2v) is 5.07. The molecule has 1 atom stereocenters. The van der Waals surface area contributed by atoms with E-state index >= 15 is 0 Å². The van der Waals surface area contributed by atoms with Crippen LogP contribution in [0, 0.1) is 0 Å². The average Bonchev–Trinajstić information content (AvgIpc) is 2.93. The number of carboxylic acid groups (broad SMARTS) is 1. The number of nitrogens with zero attached hydrogens (tertiary/aromatic N) is 2. The summed E-state index contributed by atoms with van der Waals surface area (Å²) in [6, 6.07) is 3.31. The predicted octanol–water partition coefficient (Wildman–Crippen LogP) is 2.09. The zero-order valence-electron chi connectivity index (χ0n) is 12.3. The number of pyridine rings is 1. The van der Waals surface area contributed by atoms with Crippen LogP contribution in [-0.2, 0) is 9.53 Å². The van der Waals surface area contributed by atoms with E-state index in [-0.39, 0.29) is 0 Å². The van der Waals surface area contributed by atoms with Crippen LogP contribution in [0.4, 0.5) is 5.82 Å². The summed E-state index contributed by atoms with van der Waals surface area (Å²) in [7, 11) is 0. The number of aromatic nitrogens is 1. The first-order valence-electron chi connectivity index (χ1n) is 7.19. The van der Waals surface area contributed by atoms with E-state index in [9.17, 15) is 14.7 Å². The molecule has 0 saturated carbocycles. The molecule has 114 valence electrons. The zero-order chi connectivity index (χ0) is 15.5. The van der Waals surface area contributed by atoms with E-state index < -0.39 is 17.5 Å². The Morgan fingerprint density at radius 1 is 1.43 bits per heavy atom. The number of carboxylic acids is 1. The van der Waals surface area contributed by atoms with Gasteiger partial charge in [0.2, 0.25) is 0 Å². The Labute approximate surface area is 123 Å². The third-order valence-corrected chi connectivity index (χ3v) is 4.01. The van der Waals surface area contributed by atoms with Crippen molar-refractivity contribution in [3.8, 4) is 0 Å². The maximum atomic E-state index is 11.7. The van der Waals surface area contributed by atoms with Crippen LogP contribution in [0.15, 0.2) is 18.3 Å². The summed E-state index contributed by atoms with van der Waals surface area (Å²) in [5.41, 5.74) is -0.518. The monoisotopic (exact) mass is 292 g/mol. The Bertz CT molecular complexity index is 529. The first-order valence-corrected chi connectivity index (χ1v) is 7.19. The molecule has 0 radical (unpaired) electrons. The van der Waals surface area contributed by atoms with Crippen molar-refractivity contribution < 1.29 is 19.4 Å². The first-order chi connectivity index (χ1) is 10.0. The quantitative estimate of drug-likeness (QED) is 0.837. The highest BCUT2D eigenvalue weighted by Crippen LogP contribution is 2.36. The SMILES string of the molecule is CCOC(=O)c1ccc(N2CCCC2(CC)C(=O)O)nc1. The molecule has 0 spiro atoms. The standard InChI is InChI=1S/C15H20N2O4/c1-3-15(14(19)20)8-5-9-17(15)12-7-6-11(10-16-12)13(18)21-4-2/h6-7,10H,3-5,8-9H2,1-2H3,(H,19,20). The van der Waals surface area contributed by atoms with Crippen molar-refractivity contribution in [3.63, 3.8) is 0 Å². The molecule has 1 aromatic heterocycles. The van der Waals surface area contributed by atoms with E-state index in [1.807, 2.05) is 11.8 Å². The molecule has 1 saturated heterocycles. The molecule has 6 nitrogen and oxygen atoms in total. The predicted molar refractivity (Wildman–Crippen MR) is 77.4 cm³/mol. The van der Waals surface area contributed by atoms with Crippen LogP contribution in [0.1, 0.15) is 43.5 Å². The van der Waals surface area contributed by atoms with Gasteiger partial charge < -0.3 is 14.7 Å². The second kappa shape index (κ2) is 6.11. The van der Waals surface area contributed by atoms with E-state index in [2.05, 4.69) is 4.98 Å². The van der Waals surface area contributed by atoms with Crippen molar-refractivity contribution in [2.45, 2.75) is 38.6 Å². The molecule has 0 aliphatic carbocycles. The molecule has 1 fully saturated rings. The van der Waals surface area contributed by atoms with Crippen molar-refractivity contribution in [3.05, 3.63) is 23.9 Å². The average molecular weight is 292 g/mol. The van der Waals surface area contributed by atoms with E-state index in [4.69, 9.17) is 4.74 Å². The maximum absolute atomic E-state index is 11.7. The van der Waals surface area contributed by atoms with Gasteiger partial charge in [-0.3, -0.25) is 0 Å². The van der Waals surface area contributed by atoms with Crippen molar-refractivity contribution in [1.82, 2.24) is 4.98 Å². The molecule has 1 aromatic rings. The van der Waals surface area contributed by atoms with E-state index in [1.54, 1.807) is 19.1 Å². The zero-order valence-corrected chi connectivity index (χ0v) is 12.3. The summed E-state index contributed by atoms with van der Waals surface area (Å²) in [6.07, 6.45) is 3.39. The van der Waals surface area contributed by atoms with Crippen LogP contribution in [-0.4, -0.2) is 40.7 Å². The highest BCUT2D eigenvalue weighted by atomic mass is 16.5. The number of aliphatic carboxylic acids is 1. The fourth-order valence-electron chi connectivity index (χ4n) is 2.83. The van der Waals surface area contributed by atoms with E-state index in [0.717, 1.165) is 6.42 Å². The molecule has 6 heteroatoms. The molecule has 0 bridgehead atoms. The molecular weight excluding hydrogens is 272 g/mol. The number of rotatable bonds is 5. The molecule has 1 aliphatic heterocycles. The molecule has 1 unspecified atom stereocenters. The number of ether oxygens (including phenoxy) is 1. The van der Waals surface area contributed by atoms with Gasteiger partial charge in [-0.1, -0.05) is 6.92 Å². The van der Waals surface area contributed by atoms with Gasteiger partial charge in [-0.2, -0.15) is 0 Å². The summed E-state index contributed by atoms with van der Waals surface area (Å²) in [5.74, 6) is -0.651. The largest absolute Gasteiger partial charge is 0.479 e. The van der Waals surface area contributed by atoms with Gasteiger partial charge in [0.15, 0.2) is 0 Å². The molecule has 21 heavy (non-hydrogen) atoms. The Hall–Kier alpha value is -2.11. The van der Waals surface area contributed by atoms with Crippen LogP contribution in [0.3, 0.4) is 0 Å². The fourth-order valence-corrected chi connectivity index (χ4v) is 2.83. The van der Waals surface area contributed by atoms with Crippen molar-refractivity contribution in [1.29, 1.82) is 0 Å². The second-order valence-electron chi connectivity index (χ2n) is 5.07. The minimum absolute atomic E-state index is 0.310. The van der Waals surface area contributed by atoms with Crippen LogP contribution < -0.4 is 4.90 Å². The van der Waals surface area contributed by atoms with E-state index in [0.29, 0.717) is 37.4 Å². The van der Waals surface area contributed by atoms with Crippen molar-refractivity contribution in [2.75, 3.05) is 18.1 Å². The minimum atomic E-state index is -0.890. The lowest BCUT2D eigenvalue weighted by atomic mass is 9.93. The summed E-state index contributed by atoms with van der Waals surface area (Å²) in [6.45, 7) is 4.59. The van der Waals surface area contributed by atoms with Gasteiger partial charge in [0.1, 0.15) is 11.4 Å². The van der Waals surface area contributed by atoms with Gasteiger partial charge in [0.05, 0.1) is 12.2 Å². The summed E-state index contributed by atoms with van der Waals surface area (Å²) in [4.78, 5) is 29.3. The third kappa shape index (κ3) is 2.70. The molecule has 2 rings (SSSR count). The van der Waals surface area contributed by atoms with Crippen LogP contribution in [0.25, 0.3) is 0 Å². The van der Waals surface area contributed by atoms with Gasteiger partial charge in [0.25, 0.3) is 0 Å². The number of carbonyl (C=O) groups is 2. The normalized spacial score (nSPS) is 21.3. The van der Waals surface area contributed by atoms with Crippen LogP contribution in [0.5, 0.6) is 0 Å². The summed E-state index contributed by atoms with van der Waals surface area (Å²) < 4.78 is 4.91. The van der Waals surface area contributed by atoms with Crippen molar-refractivity contribution in [2.24, 2.45) is 0 Å². The minimum Gasteiger partial charge on any atom is -0.479 e. The molecule has 1 N–H and O–H groups in total. The molecule has 1 aliphatic rings. The third-order valence-electron chi connectivity index (χ3n) is 4.01. The Kier molecular flexibility index (Phi) is 4.45. The van der Waals surface area contributed by atoms with Gasteiger partial charge >= 0.3 is 11.9 Å². The lowest BCUT2D eigenvalue weighted by Gasteiger charge is -2.34. The Morgan fingerprint density at radius 3 is 2.71 bits per heavy atom. The topological polar surface area (TPSA) is 79.7 Å². The fraction of sp³-hybridized carbons (Fsp3) is 0.533. The number of anilines is 1. The van der Waals surface area contributed by atoms with Crippen LogP contribution >= 0.6 is 0 Å². The first kappa shape index (κ1) is 15.3. The Balaban J connectivity index is 2.26. The molecule has 0 amide bonds. The van der Waals surface area contributed by atoms with Gasteiger partial charge in [-0.25, -0.2) is 14.6 Å². The van der Waals surface area contributed by atoms with Gasteiger partial charge in [0, 0.05) is 12.7 Å².